The third kappa shape index (κ3) is 4.40. The van der Waals surface area contributed by atoms with E-state index in [-0.39, 0.29) is 19.1 Å². The number of aromatic nitrogens is 3. The number of carboxylic acid groups (broad SMARTS) is 1. The van der Waals surface area contributed by atoms with Crippen LogP contribution in [-0.2, 0) is 16.1 Å². The molecule has 0 aliphatic carbocycles. The van der Waals surface area contributed by atoms with Crippen molar-refractivity contribution in [2.24, 2.45) is 0 Å². The molecule has 25 heavy (non-hydrogen) atoms. The molecule has 3 N–H and O–H groups in total. The minimum absolute atomic E-state index is 0.0840. The molecule has 0 saturated carbocycles. The highest BCUT2D eigenvalue weighted by atomic mass is 16.5. The summed E-state index contributed by atoms with van der Waals surface area (Å²) in [5, 5.41) is 20.9. The number of aliphatic carboxylic acids is 1. The third-order valence-corrected chi connectivity index (χ3v) is 3.68. The van der Waals surface area contributed by atoms with Crippen LogP contribution >= 0.6 is 0 Å². The minimum Gasteiger partial charge on any atom is -0.480 e. The molecule has 132 valence electrons. The van der Waals surface area contributed by atoms with Crippen LogP contribution in [0, 0.1) is 0 Å². The number of aliphatic hydroxyl groups is 1. The fourth-order valence-corrected chi connectivity index (χ4v) is 2.44. The maximum Gasteiger partial charge on any atom is 0.322 e. The van der Waals surface area contributed by atoms with E-state index in [2.05, 4.69) is 20.3 Å². The summed E-state index contributed by atoms with van der Waals surface area (Å²) in [5.41, 5.74) is 1.47. The zero-order chi connectivity index (χ0) is 17.6. The van der Waals surface area contributed by atoms with Gasteiger partial charge in [-0.15, -0.1) is 0 Å². The second-order valence-electron chi connectivity index (χ2n) is 5.49. The quantitative estimate of drug-likeness (QED) is 0.681. The number of carbonyl (C=O) groups is 1. The fraction of sp³-hybridized carbons (Fsp3) is 0.375. The van der Waals surface area contributed by atoms with Crippen molar-refractivity contribution in [1.29, 1.82) is 0 Å². The Morgan fingerprint density at radius 1 is 1.24 bits per heavy atom. The zero-order valence-electron chi connectivity index (χ0n) is 13.6. The maximum atomic E-state index is 10.8. The molecular weight excluding hydrogens is 326 g/mol. The molecule has 1 aliphatic heterocycles. The molecule has 1 saturated heterocycles. The molecule has 0 bridgehead atoms. The lowest BCUT2D eigenvalue weighted by molar-refractivity contribution is -0.134. The van der Waals surface area contributed by atoms with Crippen LogP contribution in [-0.4, -0.2) is 64.0 Å². The Morgan fingerprint density at radius 3 is 2.76 bits per heavy atom. The van der Waals surface area contributed by atoms with E-state index >= 15 is 0 Å². The van der Waals surface area contributed by atoms with Gasteiger partial charge in [0.05, 0.1) is 19.8 Å². The largest absolute Gasteiger partial charge is 0.480 e. The number of rotatable bonds is 6. The van der Waals surface area contributed by atoms with Gasteiger partial charge in [0.15, 0.2) is 5.82 Å². The SMILES string of the molecule is O=C(O)CNc1nc(-c2cccc(CO)c2)nc(N2CCOCC2)n1. The van der Waals surface area contributed by atoms with Crippen molar-refractivity contribution < 1.29 is 19.7 Å². The summed E-state index contributed by atoms with van der Waals surface area (Å²) >= 11 is 0. The van der Waals surface area contributed by atoms with Crippen LogP contribution in [0.2, 0.25) is 0 Å². The summed E-state index contributed by atoms with van der Waals surface area (Å²) in [6.07, 6.45) is 0. The Morgan fingerprint density at radius 2 is 2.04 bits per heavy atom. The Balaban J connectivity index is 1.97. The summed E-state index contributed by atoms with van der Waals surface area (Å²) in [4.78, 5) is 25.9. The molecule has 0 spiro atoms. The first kappa shape index (κ1) is 17.1. The summed E-state index contributed by atoms with van der Waals surface area (Å²) < 4.78 is 5.34. The molecule has 1 fully saturated rings. The van der Waals surface area contributed by atoms with Crippen LogP contribution in [0.4, 0.5) is 11.9 Å². The highest BCUT2D eigenvalue weighted by Gasteiger charge is 2.17. The maximum absolute atomic E-state index is 10.8. The van der Waals surface area contributed by atoms with E-state index in [0.717, 1.165) is 11.1 Å². The summed E-state index contributed by atoms with van der Waals surface area (Å²) in [5.74, 6) is 0.0794. The van der Waals surface area contributed by atoms with Gasteiger partial charge in [0.1, 0.15) is 6.54 Å². The standard InChI is InChI=1S/C16H19N5O4/c22-10-11-2-1-3-12(8-11)14-18-15(17-9-13(23)24)20-16(19-14)21-4-6-25-7-5-21/h1-3,8,22H,4-7,9-10H2,(H,23,24)(H,17,18,19,20). The molecule has 9 nitrogen and oxygen atoms in total. The Labute approximate surface area is 144 Å². The van der Waals surface area contributed by atoms with Gasteiger partial charge in [-0.25, -0.2) is 0 Å². The van der Waals surface area contributed by atoms with E-state index in [0.29, 0.717) is 38.1 Å². The molecule has 9 heteroatoms. The van der Waals surface area contributed by atoms with E-state index < -0.39 is 5.97 Å². The Hall–Kier alpha value is -2.78. The van der Waals surface area contributed by atoms with Gasteiger partial charge in [-0.05, 0) is 11.6 Å². The molecule has 1 aromatic heterocycles. The van der Waals surface area contributed by atoms with E-state index in [1.54, 1.807) is 12.1 Å². The molecule has 0 amide bonds. The highest BCUT2D eigenvalue weighted by molar-refractivity contribution is 5.72. The summed E-state index contributed by atoms with van der Waals surface area (Å²) in [6.45, 7) is 2.09. The predicted molar refractivity (Wildman–Crippen MR) is 90.3 cm³/mol. The second kappa shape index (κ2) is 7.86. The van der Waals surface area contributed by atoms with E-state index in [4.69, 9.17) is 9.84 Å². The van der Waals surface area contributed by atoms with Crippen molar-refractivity contribution in [3.8, 4) is 11.4 Å². The molecular formula is C16H19N5O4. The number of nitrogens with zero attached hydrogens (tertiary/aromatic N) is 4. The number of carboxylic acids is 1. The van der Waals surface area contributed by atoms with Crippen LogP contribution in [0.25, 0.3) is 11.4 Å². The topological polar surface area (TPSA) is 121 Å². The van der Waals surface area contributed by atoms with Crippen molar-refractivity contribution >= 4 is 17.9 Å². The van der Waals surface area contributed by atoms with Gasteiger partial charge in [-0.2, -0.15) is 15.0 Å². The molecule has 0 unspecified atom stereocenters. The first-order valence-electron chi connectivity index (χ1n) is 7.90. The van der Waals surface area contributed by atoms with Gasteiger partial charge in [0.25, 0.3) is 0 Å². The number of benzene rings is 1. The van der Waals surface area contributed by atoms with E-state index in [1.807, 2.05) is 17.0 Å². The average molecular weight is 345 g/mol. The first-order valence-corrected chi connectivity index (χ1v) is 7.90. The van der Waals surface area contributed by atoms with Gasteiger partial charge >= 0.3 is 5.97 Å². The van der Waals surface area contributed by atoms with Crippen LogP contribution in [0.15, 0.2) is 24.3 Å². The molecule has 1 aromatic carbocycles. The van der Waals surface area contributed by atoms with Crippen LogP contribution in [0.1, 0.15) is 5.56 Å². The number of nitrogens with one attached hydrogen (secondary N) is 1. The third-order valence-electron chi connectivity index (χ3n) is 3.68. The second-order valence-corrected chi connectivity index (χ2v) is 5.49. The lowest BCUT2D eigenvalue weighted by atomic mass is 10.1. The van der Waals surface area contributed by atoms with Crippen LogP contribution < -0.4 is 10.2 Å². The summed E-state index contributed by atoms with van der Waals surface area (Å²) in [7, 11) is 0. The molecule has 0 atom stereocenters. The van der Waals surface area contributed by atoms with E-state index in [1.165, 1.54) is 0 Å². The average Bonchev–Trinajstić information content (AvgIpc) is 2.67. The number of hydrogen-bond donors (Lipinski definition) is 3. The Kier molecular flexibility index (Phi) is 5.36. The molecule has 2 heterocycles. The minimum atomic E-state index is -1.00. The van der Waals surface area contributed by atoms with Gasteiger partial charge in [-0.1, -0.05) is 18.2 Å². The van der Waals surface area contributed by atoms with Gasteiger partial charge < -0.3 is 25.2 Å². The van der Waals surface area contributed by atoms with Crippen LogP contribution in [0.5, 0.6) is 0 Å². The van der Waals surface area contributed by atoms with Crippen molar-refractivity contribution in [1.82, 2.24) is 15.0 Å². The number of hydrogen-bond acceptors (Lipinski definition) is 8. The molecule has 1 aliphatic rings. The number of morpholine rings is 1. The normalized spacial score (nSPS) is 14.4. The van der Waals surface area contributed by atoms with Crippen molar-refractivity contribution in [2.45, 2.75) is 6.61 Å². The lowest BCUT2D eigenvalue weighted by Gasteiger charge is -2.27. The summed E-state index contributed by atoms with van der Waals surface area (Å²) in [6, 6.07) is 7.23. The highest BCUT2D eigenvalue weighted by Crippen LogP contribution is 2.21. The number of anilines is 2. The molecule has 0 radical (unpaired) electrons. The van der Waals surface area contributed by atoms with Crippen molar-refractivity contribution in [2.75, 3.05) is 43.1 Å². The monoisotopic (exact) mass is 345 g/mol. The molecule has 2 aromatic rings. The van der Waals surface area contributed by atoms with Gasteiger partial charge in [-0.3, -0.25) is 4.79 Å². The zero-order valence-corrected chi connectivity index (χ0v) is 13.6. The fourth-order valence-electron chi connectivity index (χ4n) is 2.44. The lowest BCUT2D eigenvalue weighted by Crippen LogP contribution is -2.37. The molecule has 3 rings (SSSR count). The predicted octanol–water partition coefficient (Wildman–Crippen LogP) is 0.364. The van der Waals surface area contributed by atoms with Crippen LogP contribution in [0.3, 0.4) is 0 Å². The smallest absolute Gasteiger partial charge is 0.322 e. The van der Waals surface area contributed by atoms with Gasteiger partial charge in [0, 0.05) is 18.7 Å². The number of aliphatic hydroxyl groups excluding tert-OH is 1. The van der Waals surface area contributed by atoms with Crippen molar-refractivity contribution in [3.05, 3.63) is 29.8 Å². The van der Waals surface area contributed by atoms with E-state index in [9.17, 15) is 9.90 Å². The Bertz CT molecular complexity index is 749. The first-order chi connectivity index (χ1) is 12.2. The van der Waals surface area contributed by atoms with Crippen molar-refractivity contribution in [3.63, 3.8) is 0 Å². The van der Waals surface area contributed by atoms with Gasteiger partial charge in [0.2, 0.25) is 11.9 Å². The number of ether oxygens (including phenoxy) is 1.